The van der Waals surface area contributed by atoms with Gasteiger partial charge in [-0.1, -0.05) is 20.3 Å². The molecule has 5 N–H and O–H groups in total. The van der Waals surface area contributed by atoms with Gasteiger partial charge in [0, 0.05) is 0 Å². The van der Waals surface area contributed by atoms with Gasteiger partial charge in [-0.05, 0) is 44.4 Å². The molecular formula is C19H35ClN2O5S. The highest BCUT2D eigenvalue weighted by atomic mass is 35.5. The van der Waals surface area contributed by atoms with Crippen LogP contribution in [0.5, 0.6) is 0 Å². The van der Waals surface area contributed by atoms with Crippen LogP contribution in [-0.4, -0.2) is 81.3 Å². The molecule has 9 heteroatoms. The molecule has 10 atom stereocenters. The Morgan fingerprint density at radius 3 is 2.57 bits per heavy atom. The number of alkyl halides is 1. The lowest BCUT2D eigenvalue weighted by Gasteiger charge is -2.44. The maximum atomic E-state index is 13.0. The number of rotatable bonds is 6. The first kappa shape index (κ1) is 24.2. The zero-order valence-electron chi connectivity index (χ0n) is 17.0. The lowest BCUT2D eigenvalue weighted by molar-refractivity contribution is -0.205. The Bertz CT molecular complexity index is 513. The summed E-state index contributed by atoms with van der Waals surface area (Å²) in [5.74, 6) is 0.839. The normalized spacial score (nSPS) is 41.7. The Morgan fingerprint density at radius 2 is 2.00 bits per heavy atom. The van der Waals surface area contributed by atoms with E-state index in [4.69, 9.17) is 16.3 Å². The first-order chi connectivity index (χ1) is 13.2. The summed E-state index contributed by atoms with van der Waals surface area (Å²) >= 11 is 7.56. The predicted molar refractivity (Wildman–Crippen MR) is 111 cm³/mol. The fourth-order valence-electron chi connectivity index (χ4n) is 4.27. The van der Waals surface area contributed by atoms with Gasteiger partial charge in [-0.25, -0.2) is 0 Å². The van der Waals surface area contributed by atoms with Crippen LogP contribution in [-0.2, 0) is 9.53 Å². The van der Waals surface area contributed by atoms with Crippen molar-refractivity contribution in [2.45, 2.75) is 87.3 Å². The maximum absolute atomic E-state index is 13.0. The summed E-state index contributed by atoms with van der Waals surface area (Å²) in [5, 5.41) is 36.4. The number of thioether (sulfide) groups is 1. The number of hydrogen-bond donors (Lipinski definition) is 5. The van der Waals surface area contributed by atoms with E-state index in [0.29, 0.717) is 11.8 Å². The van der Waals surface area contributed by atoms with Crippen LogP contribution in [0.4, 0.5) is 0 Å². The van der Waals surface area contributed by atoms with E-state index >= 15 is 0 Å². The molecule has 2 saturated heterocycles. The summed E-state index contributed by atoms with van der Waals surface area (Å²) in [4.78, 5) is 13.0. The number of nitrogens with one attached hydrogen (secondary N) is 2. The SMILES string of the molecule is CCC1CCN[C@H](C(=O)N[C@@H]([C@H]2O[C@H](SC)[C@H](O)[C@@H](O)[C@H]2O)[C@H](C)Cl)CC1C. The van der Waals surface area contributed by atoms with Gasteiger partial charge in [-0.3, -0.25) is 4.79 Å². The molecule has 2 aliphatic rings. The van der Waals surface area contributed by atoms with E-state index in [2.05, 4.69) is 24.5 Å². The number of hydrogen-bond acceptors (Lipinski definition) is 7. The molecule has 0 aromatic heterocycles. The summed E-state index contributed by atoms with van der Waals surface area (Å²) < 4.78 is 5.81. The van der Waals surface area contributed by atoms with Crippen molar-refractivity contribution in [3.05, 3.63) is 0 Å². The maximum Gasteiger partial charge on any atom is 0.237 e. The first-order valence-electron chi connectivity index (χ1n) is 10.1. The van der Waals surface area contributed by atoms with E-state index in [-0.39, 0.29) is 11.9 Å². The molecule has 2 heterocycles. The zero-order valence-corrected chi connectivity index (χ0v) is 18.6. The van der Waals surface area contributed by atoms with Gasteiger partial charge in [0.25, 0.3) is 0 Å². The van der Waals surface area contributed by atoms with Crippen molar-refractivity contribution in [1.29, 1.82) is 0 Å². The van der Waals surface area contributed by atoms with Crippen LogP contribution in [0.3, 0.4) is 0 Å². The summed E-state index contributed by atoms with van der Waals surface area (Å²) in [7, 11) is 0. The molecule has 164 valence electrons. The van der Waals surface area contributed by atoms with Gasteiger partial charge in [-0.2, -0.15) is 0 Å². The second-order valence-corrected chi connectivity index (χ2v) is 9.69. The molecule has 1 amide bonds. The number of ether oxygens (including phenoxy) is 1. The third-order valence-electron chi connectivity index (χ3n) is 6.16. The molecule has 0 radical (unpaired) electrons. The van der Waals surface area contributed by atoms with Gasteiger partial charge in [-0.15, -0.1) is 23.4 Å². The van der Waals surface area contributed by atoms with Gasteiger partial charge < -0.3 is 30.7 Å². The third-order valence-corrected chi connectivity index (χ3v) is 7.28. The van der Waals surface area contributed by atoms with Crippen LogP contribution in [0, 0.1) is 11.8 Å². The molecule has 0 saturated carbocycles. The van der Waals surface area contributed by atoms with Gasteiger partial charge in [0.2, 0.25) is 5.91 Å². The molecule has 2 unspecified atom stereocenters. The molecule has 2 rings (SSSR count). The first-order valence-corrected chi connectivity index (χ1v) is 11.8. The molecule has 2 fully saturated rings. The largest absolute Gasteiger partial charge is 0.388 e. The molecule has 0 aromatic carbocycles. The number of carbonyl (C=O) groups excluding carboxylic acids is 1. The van der Waals surface area contributed by atoms with Crippen LogP contribution in [0.1, 0.15) is 40.0 Å². The zero-order chi connectivity index (χ0) is 21.0. The van der Waals surface area contributed by atoms with Crippen molar-refractivity contribution in [3.8, 4) is 0 Å². The van der Waals surface area contributed by atoms with Crippen molar-refractivity contribution >= 4 is 29.3 Å². The van der Waals surface area contributed by atoms with Crippen molar-refractivity contribution in [3.63, 3.8) is 0 Å². The van der Waals surface area contributed by atoms with Crippen LogP contribution in [0.15, 0.2) is 0 Å². The fraction of sp³-hybridized carbons (Fsp3) is 0.947. The van der Waals surface area contributed by atoms with E-state index in [1.54, 1.807) is 13.2 Å². The molecule has 2 aliphatic heterocycles. The molecule has 0 aliphatic carbocycles. The Labute approximate surface area is 176 Å². The highest BCUT2D eigenvalue weighted by Gasteiger charge is 2.48. The Kier molecular flexibility index (Phi) is 9.32. The lowest BCUT2D eigenvalue weighted by Crippen LogP contribution is -2.65. The average molecular weight is 439 g/mol. The van der Waals surface area contributed by atoms with E-state index in [1.807, 2.05) is 0 Å². The number of aliphatic hydroxyl groups is 3. The minimum atomic E-state index is -1.37. The van der Waals surface area contributed by atoms with Crippen molar-refractivity contribution < 1.29 is 24.9 Å². The monoisotopic (exact) mass is 438 g/mol. The lowest BCUT2D eigenvalue weighted by atomic mass is 9.86. The molecule has 0 aromatic rings. The van der Waals surface area contributed by atoms with E-state index in [9.17, 15) is 20.1 Å². The summed E-state index contributed by atoms with van der Waals surface area (Å²) in [6, 6.07) is -1.04. The number of carbonyl (C=O) groups is 1. The van der Waals surface area contributed by atoms with Gasteiger partial charge in [0.05, 0.1) is 17.5 Å². The smallest absolute Gasteiger partial charge is 0.237 e. The summed E-state index contributed by atoms with van der Waals surface area (Å²) in [5.41, 5.74) is -0.709. The van der Waals surface area contributed by atoms with Crippen molar-refractivity contribution in [1.82, 2.24) is 10.6 Å². The van der Waals surface area contributed by atoms with Gasteiger partial charge in [0.1, 0.15) is 29.9 Å². The van der Waals surface area contributed by atoms with Crippen molar-refractivity contribution in [2.75, 3.05) is 12.8 Å². The van der Waals surface area contributed by atoms with E-state index in [1.165, 1.54) is 11.8 Å². The second kappa shape index (κ2) is 10.8. The predicted octanol–water partition coefficient (Wildman–Crippen LogP) is 0.683. The second-order valence-electron chi connectivity index (χ2n) is 8.07. The fourth-order valence-corrected chi connectivity index (χ4v) is 5.16. The number of amides is 1. The molecule has 0 bridgehead atoms. The van der Waals surface area contributed by atoms with E-state index in [0.717, 1.165) is 25.8 Å². The topological polar surface area (TPSA) is 111 Å². The molecule has 28 heavy (non-hydrogen) atoms. The quantitative estimate of drug-likeness (QED) is 0.388. The average Bonchev–Trinajstić information content (AvgIpc) is 2.85. The van der Waals surface area contributed by atoms with Crippen LogP contribution in [0.2, 0.25) is 0 Å². The number of aliphatic hydroxyl groups excluding tert-OH is 3. The minimum absolute atomic E-state index is 0.182. The minimum Gasteiger partial charge on any atom is -0.388 e. The standard InChI is InChI=1S/C19H35ClN2O5S/c1-5-11-6-7-21-12(8-9(11)2)18(26)22-13(10(3)20)17-15(24)14(23)16(25)19(27-17)28-4/h9-17,19,21,23-25H,5-8H2,1-4H3,(H,22,26)/t9?,10-,11?,12-,13+,14-,15+,16+,17+,19+/m0/s1. The molecule has 7 nitrogen and oxygen atoms in total. The Morgan fingerprint density at radius 1 is 1.32 bits per heavy atom. The van der Waals surface area contributed by atoms with Crippen LogP contribution >= 0.6 is 23.4 Å². The molecule has 0 spiro atoms. The van der Waals surface area contributed by atoms with E-state index < -0.39 is 41.3 Å². The highest BCUT2D eigenvalue weighted by molar-refractivity contribution is 7.99. The molecular weight excluding hydrogens is 404 g/mol. The van der Waals surface area contributed by atoms with Crippen LogP contribution < -0.4 is 10.6 Å². The van der Waals surface area contributed by atoms with Crippen molar-refractivity contribution in [2.24, 2.45) is 11.8 Å². The number of halogens is 1. The van der Waals surface area contributed by atoms with Crippen LogP contribution in [0.25, 0.3) is 0 Å². The Hall–Kier alpha value is -0.0900. The van der Waals surface area contributed by atoms with Gasteiger partial charge >= 0.3 is 0 Å². The Balaban J connectivity index is 2.10. The van der Waals surface area contributed by atoms with Gasteiger partial charge in [0.15, 0.2) is 0 Å². The third kappa shape index (κ3) is 5.53. The highest BCUT2D eigenvalue weighted by Crippen LogP contribution is 2.31. The summed E-state index contributed by atoms with van der Waals surface area (Å²) in [6.07, 6.45) is -0.234. The summed E-state index contributed by atoms with van der Waals surface area (Å²) in [6.45, 7) is 6.85.